The van der Waals surface area contributed by atoms with Gasteiger partial charge in [0.2, 0.25) is 5.91 Å². The van der Waals surface area contributed by atoms with Gasteiger partial charge in [0, 0.05) is 0 Å². The van der Waals surface area contributed by atoms with Crippen molar-refractivity contribution < 1.29 is 9.53 Å². The second kappa shape index (κ2) is 8.67. The van der Waals surface area contributed by atoms with Crippen molar-refractivity contribution in [2.75, 3.05) is 25.5 Å². The van der Waals surface area contributed by atoms with E-state index in [1.54, 1.807) is 7.11 Å². The first-order valence-corrected chi connectivity index (χ1v) is 7.59. The molecular weight excluding hydrogens is 264 g/mol. The molecule has 0 bridgehead atoms. The van der Waals surface area contributed by atoms with Crippen molar-refractivity contribution in [2.24, 2.45) is 17.8 Å². The molecule has 0 aliphatic heterocycles. The molecule has 0 aromatic heterocycles. The zero-order chi connectivity index (χ0) is 15.8. The van der Waals surface area contributed by atoms with Crippen LogP contribution in [0.2, 0.25) is 0 Å². The number of hydrogen-bond donors (Lipinski definition) is 2. The van der Waals surface area contributed by atoms with E-state index in [1.807, 2.05) is 24.3 Å². The Morgan fingerprint density at radius 1 is 1.14 bits per heavy atom. The lowest BCUT2D eigenvalue weighted by Gasteiger charge is -2.25. The van der Waals surface area contributed by atoms with Crippen LogP contribution in [0.1, 0.15) is 27.7 Å². The molecule has 0 heterocycles. The van der Waals surface area contributed by atoms with E-state index < -0.39 is 0 Å². The lowest BCUT2D eigenvalue weighted by atomic mass is 9.85. The summed E-state index contributed by atoms with van der Waals surface area (Å²) in [4.78, 5) is 12.0. The van der Waals surface area contributed by atoms with Crippen molar-refractivity contribution >= 4 is 11.6 Å². The van der Waals surface area contributed by atoms with E-state index in [-0.39, 0.29) is 5.91 Å². The van der Waals surface area contributed by atoms with Crippen LogP contribution in [0, 0.1) is 17.8 Å². The summed E-state index contributed by atoms with van der Waals surface area (Å²) in [6.07, 6.45) is 0. The molecule has 0 unspecified atom stereocenters. The average molecular weight is 292 g/mol. The lowest BCUT2D eigenvalue weighted by molar-refractivity contribution is -0.115. The molecule has 2 N–H and O–H groups in total. The Labute approximate surface area is 128 Å². The Kier molecular flexibility index (Phi) is 7.23. The van der Waals surface area contributed by atoms with E-state index in [2.05, 4.69) is 38.3 Å². The predicted molar refractivity (Wildman–Crippen MR) is 87.7 cm³/mol. The van der Waals surface area contributed by atoms with Crippen LogP contribution in [0.5, 0.6) is 5.75 Å². The molecule has 0 aliphatic rings. The van der Waals surface area contributed by atoms with E-state index in [9.17, 15) is 4.79 Å². The van der Waals surface area contributed by atoms with Crippen LogP contribution in [-0.4, -0.2) is 26.1 Å². The number of para-hydroxylation sites is 2. The van der Waals surface area contributed by atoms with Gasteiger partial charge in [-0.3, -0.25) is 4.79 Å². The van der Waals surface area contributed by atoms with Gasteiger partial charge in [-0.1, -0.05) is 39.8 Å². The monoisotopic (exact) mass is 292 g/mol. The SMILES string of the molecule is COc1ccccc1NC(=O)CNCC(C(C)C)C(C)C. The average Bonchev–Trinajstić information content (AvgIpc) is 2.43. The summed E-state index contributed by atoms with van der Waals surface area (Å²) in [5.41, 5.74) is 0.705. The predicted octanol–water partition coefficient (Wildman–Crippen LogP) is 3.15. The highest BCUT2D eigenvalue weighted by atomic mass is 16.5. The number of methoxy groups -OCH3 is 1. The third-order valence-corrected chi connectivity index (χ3v) is 3.76. The van der Waals surface area contributed by atoms with E-state index >= 15 is 0 Å². The maximum absolute atomic E-state index is 12.0. The number of benzene rings is 1. The fourth-order valence-corrected chi connectivity index (χ4v) is 2.54. The zero-order valence-electron chi connectivity index (χ0n) is 13.8. The van der Waals surface area contributed by atoms with Crippen molar-refractivity contribution in [2.45, 2.75) is 27.7 Å². The molecule has 0 saturated heterocycles. The largest absolute Gasteiger partial charge is 0.495 e. The molecule has 0 atom stereocenters. The number of amides is 1. The molecule has 1 aromatic rings. The van der Waals surface area contributed by atoms with Crippen molar-refractivity contribution in [1.82, 2.24) is 5.32 Å². The molecule has 0 saturated carbocycles. The third kappa shape index (κ3) is 5.76. The molecule has 1 rings (SSSR count). The van der Waals surface area contributed by atoms with Crippen LogP contribution in [0.15, 0.2) is 24.3 Å². The van der Waals surface area contributed by atoms with Gasteiger partial charge >= 0.3 is 0 Å². The van der Waals surface area contributed by atoms with Gasteiger partial charge in [-0.05, 0) is 36.4 Å². The summed E-state index contributed by atoms with van der Waals surface area (Å²) in [5, 5.41) is 6.12. The molecule has 21 heavy (non-hydrogen) atoms. The van der Waals surface area contributed by atoms with Crippen molar-refractivity contribution in [3.8, 4) is 5.75 Å². The smallest absolute Gasteiger partial charge is 0.238 e. The molecule has 4 nitrogen and oxygen atoms in total. The number of ether oxygens (including phenoxy) is 1. The van der Waals surface area contributed by atoms with Crippen LogP contribution in [-0.2, 0) is 4.79 Å². The Hall–Kier alpha value is -1.55. The standard InChI is InChI=1S/C17H28N2O2/c1-12(2)14(13(3)4)10-18-11-17(20)19-15-8-6-7-9-16(15)21-5/h6-9,12-14,18H,10-11H2,1-5H3,(H,19,20). The minimum Gasteiger partial charge on any atom is -0.495 e. The first-order valence-electron chi connectivity index (χ1n) is 7.59. The van der Waals surface area contributed by atoms with Gasteiger partial charge in [0.25, 0.3) is 0 Å². The fraction of sp³-hybridized carbons (Fsp3) is 0.588. The molecule has 118 valence electrons. The minimum absolute atomic E-state index is 0.0502. The van der Waals surface area contributed by atoms with Gasteiger partial charge in [-0.25, -0.2) is 0 Å². The van der Waals surface area contributed by atoms with Gasteiger partial charge < -0.3 is 15.4 Å². The van der Waals surface area contributed by atoms with E-state index in [4.69, 9.17) is 4.74 Å². The molecule has 0 fully saturated rings. The number of carbonyl (C=O) groups excluding carboxylic acids is 1. The lowest BCUT2D eigenvalue weighted by Crippen LogP contribution is -2.35. The van der Waals surface area contributed by atoms with Crippen molar-refractivity contribution in [3.05, 3.63) is 24.3 Å². The first kappa shape index (κ1) is 17.5. The molecule has 0 radical (unpaired) electrons. The fourth-order valence-electron chi connectivity index (χ4n) is 2.54. The maximum atomic E-state index is 12.0. The highest BCUT2D eigenvalue weighted by Crippen LogP contribution is 2.22. The summed E-state index contributed by atoms with van der Waals surface area (Å²) in [6, 6.07) is 7.42. The summed E-state index contributed by atoms with van der Waals surface area (Å²) >= 11 is 0. The van der Waals surface area contributed by atoms with Crippen LogP contribution in [0.25, 0.3) is 0 Å². The number of nitrogens with one attached hydrogen (secondary N) is 2. The van der Waals surface area contributed by atoms with E-state index in [0.717, 1.165) is 6.54 Å². The molecule has 4 heteroatoms. The highest BCUT2D eigenvalue weighted by Gasteiger charge is 2.17. The van der Waals surface area contributed by atoms with Crippen molar-refractivity contribution in [1.29, 1.82) is 0 Å². The van der Waals surface area contributed by atoms with Gasteiger partial charge in [-0.2, -0.15) is 0 Å². The van der Waals surface area contributed by atoms with Crippen LogP contribution < -0.4 is 15.4 Å². The first-order chi connectivity index (χ1) is 9.95. The quantitative estimate of drug-likeness (QED) is 0.774. The van der Waals surface area contributed by atoms with Gasteiger partial charge in [-0.15, -0.1) is 0 Å². The minimum atomic E-state index is -0.0502. The topological polar surface area (TPSA) is 50.4 Å². The number of rotatable bonds is 8. The number of anilines is 1. The van der Waals surface area contributed by atoms with Gasteiger partial charge in [0.05, 0.1) is 19.3 Å². The number of hydrogen-bond acceptors (Lipinski definition) is 3. The van der Waals surface area contributed by atoms with Gasteiger partial charge in [0.1, 0.15) is 5.75 Å². The Morgan fingerprint density at radius 3 is 2.33 bits per heavy atom. The second-order valence-electron chi connectivity index (χ2n) is 6.03. The third-order valence-electron chi connectivity index (χ3n) is 3.76. The van der Waals surface area contributed by atoms with Gasteiger partial charge in [0.15, 0.2) is 0 Å². The summed E-state index contributed by atoms with van der Waals surface area (Å²) in [6.45, 7) is 10.1. The summed E-state index contributed by atoms with van der Waals surface area (Å²) < 4.78 is 5.22. The van der Waals surface area contributed by atoms with E-state index in [0.29, 0.717) is 35.7 Å². The maximum Gasteiger partial charge on any atom is 0.238 e. The van der Waals surface area contributed by atoms with Crippen LogP contribution in [0.3, 0.4) is 0 Å². The summed E-state index contributed by atoms with van der Waals surface area (Å²) in [7, 11) is 1.60. The van der Waals surface area contributed by atoms with Crippen molar-refractivity contribution in [3.63, 3.8) is 0 Å². The second-order valence-corrected chi connectivity index (χ2v) is 6.03. The molecule has 0 spiro atoms. The normalized spacial score (nSPS) is 11.2. The van der Waals surface area contributed by atoms with Crippen LogP contribution >= 0.6 is 0 Å². The Morgan fingerprint density at radius 2 is 1.76 bits per heavy atom. The Balaban J connectivity index is 2.44. The molecule has 1 amide bonds. The zero-order valence-corrected chi connectivity index (χ0v) is 13.8. The summed E-state index contributed by atoms with van der Waals surface area (Å²) in [5.74, 6) is 2.41. The molecule has 1 aromatic carbocycles. The van der Waals surface area contributed by atoms with E-state index in [1.165, 1.54) is 0 Å². The molecule has 0 aliphatic carbocycles. The Bertz CT molecular complexity index is 436. The molecular formula is C17H28N2O2. The van der Waals surface area contributed by atoms with Crippen LogP contribution in [0.4, 0.5) is 5.69 Å². The number of carbonyl (C=O) groups is 1. The highest BCUT2D eigenvalue weighted by molar-refractivity contribution is 5.93.